The van der Waals surface area contributed by atoms with Crippen LogP contribution in [0.25, 0.3) is 0 Å². The van der Waals surface area contributed by atoms with Gasteiger partial charge in [0, 0.05) is 13.2 Å². The largest absolute Gasteiger partial charge is 0.381 e. The average Bonchev–Trinajstić information content (AvgIpc) is 2.32. The highest BCUT2D eigenvalue weighted by molar-refractivity contribution is 7.85. The van der Waals surface area contributed by atoms with Gasteiger partial charge in [0.2, 0.25) is 0 Å². The fourth-order valence-electron chi connectivity index (χ4n) is 1.47. The first kappa shape index (κ1) is 9.95. The lowest BCUT2D eigenvalue weighted by Gasteiger charge is -2.14. The van der Waals surface area contributed by atoms with Gasteiger partial charge in [-0.05, 0) is 18.3 Å². The predicted octanol–water partition coefficient (Wildman–Crippen LogP) is 0.547. The van der Waals surface area contributed by atoms with Crippen molar-refractivity contribution in [2.24, 2.45) is 11.8 Å². The van der Waals surface area contributed by atoms with Crippen LogP contribution in [0.3, 0.4) is 0 Å². The molecular formula is C7H14O4S. The van der Waals surface area contributed by atoms with Crippen LogP contribution in [0, 0.1) is 11.8 Å². The Morgan fingerprint density at radius 3 is 2.75 bits per heavy atom. The normalized spacial score (nSPS) is 27.3. The zero-order chi connectivity index (χ0) is 9.19. The summed E-state index contributed by atoms with van der Waals surface area (Å²) < 4.78 is 34.7. The van der Waals surface area contributed by atoms with Crippen molar-refractivity contribution in [2.75, 3.05) is 19.0 Å². The summed E-state index contributed by atoms with van der Waals surface area (Å²) in [6, 6.07) is 0. The molecule has 1 aliphatic rings. The summed E-state index contributed by atoms with van der Waals surface area (Å²) in [5, 5.41) is 0. The highest BCUT2D eigenvalue weighted by Gasteiger charge is 2.25. The second-order valence-electron chi connectivity index (χ2n) is 3.35. The van der Waals surface area contributed by atoms with Gasteiger partial charge < -0.3 is 4.74 Å². The Bertz CT molecular complexity index is 228. The lowest BCUT2D eigenvalue weighted by atomic mass is 9.95. The van der Waals surface area contributed by atoms with E-state index in [0.29, 0.717) is 13.2 Å². The van der Waals surface area contributed by atoms with Crippen molar-refractivity contribution in [1.29, 1.82) is 0 Å². The maximum atomic E-state index is 10.5. The molecule has 4 nitrogen and oxygen atoms in total. The van der Waals surface area contributed by atoms with Crippen LogP contribution in [-0.2, 0) is 14.9 Å². The third kappa shape index (κ3) is 3.08. The molecule has 1 rings (SSSR count). The Hall–Kier alpha value is -0.130. The second kappa shape index (κ2) is 3.72. The van der Waals surface area contributed by atoms with Gasteiger partial charge in [-0.2, -0.15) is 8.42 Å². The van der Waals surface area contributed by atoms with Crippen LogP contribution in [0.4, 0.5) is 0 Å². The monoisotopic (exact) mass is 194 g/mol. The fraction of sp³-hybridized carbons (Fsp3) is 1.00. The molecule has 0 radical (unpaired) electrons. The zero-order valence-corrected chi connectivity index (χ0v) is 7.88. The van der Waals surface area contributed by atoms with E-state index in [1.807, 2.05) is 6.92 Å². The Morgan fingerprint density at radius 2 is 2.33 bits per heavy atom. The van der Waals surface area contributed by atoms with Gasteiger partial charge in [0.25, 0.3) is 10.1 Å². The Balaban J connectivity index is 2.42. The van der Waals surface area contributed by atoms with Crippen LogP contribution in [0.2, 0.25) is 0 Å². The molecule has 12 heavy (non-hydrogen) atoms. The van der Waals surface area contributed by atoms with E-state index in [0.717, 1.165) is 6.42 Å². The maximum Gasteiger partial charge on any atom is 0.265 e. The smallest absolute Gasteiger partial charge is 0.265 e. The van der Waals surface area contributed by atoms with Gasteiger partial charge in [-0.25, -0.2) is 0 Å². The van der Waals surface area contributed by atoms with Gasteiger partial charge in [0.15, 0.2) is 0 Å². The first-order valence-electron chi connectivity index (χ1n) is 4.02. The fourth-order valence-corrected chi connectivity index (χ4v) is 2.41. The first-order chi connectivity index (χ1) is 5.49. The molecule has 0 bridgehead atoms. The molecule has 1 N–H and O–H groups in total. The lowest BCUT2D eigenvalue weighted by molar-refractivity contribution is 0.177. The molecule has 0 amide bonds. The van der Waals surface area contributed by atoms with E-state index < -0.39 is 10.1 Å². The predicted molar refractivity (Wildman–Crippen MR) is 44.5 cm³/mol. The molecule has 0 aromatic rings. The molecule has 1 fully saturated rings. The van der Waals surface area contributed by atoms with Crippen LogP contribution in [0.5, 0.6) is 0 Å². The van der Waals surface area contributed by atoms with E-state index in [1.54, 1.807) is 0 Å². The first-order valence-corrected chi connectivity index (χ1v) is 5.63. The molecule has 5 heteroatoms. The summed E-state index contributed by atoms with van der Waals surface area (Å²) >= 11 is 0. The van der Waals surface area contributed by atoms with E-state index in [2.05, 4.69) is 0 Å². The molecule has 0 aliphatic carbocycles. The van der Waals surface area contributed by atoms with Crippen molar-refractivity contribution < 1.29 is 17.7 Å². The van der Waals surface area contributed by atoms with Crippen molar-refractivity contribution in [3.8, 4) is 0 Å². The minimum absolute atomic E-state index is 0.0116. The molecule has 0 saturated carbocycles. The number of ether oxygens (including phenoxy) is 1. The summed E-state index contributed by atoms with van der Waals surface area (Å²) in [5.41, 5.74) is 0. The van der Waals surface area contributed by atoms with E-state index in [9.17, 15) is 8.42 Å². The van der Waals surface area contributed by atoms with E-state index in [1.165, 1.54) is 0 Å². The molecule has 1 aliphatic heterocycles. The Kier molecular flexibility index (Phi) is 3.09. The van der Waals surface area contributed by atoms with E-state index in [4.69, 9.17) is 9.29 Å². The summed E-state index contributed by atoms with van der Waals surface area (Å²) in [7, 11) is -3.82. The van der Waals surface area contributed by atoms with E-state index >= 15 is 0 Å². The minimum Gasteiger partial charge on any atom is -0.381 e. The maximum absolute atomic E-state index is 10.5. The molecular weight excluding hydrogens is 180 g/mol. The second-order valence-corrected chi connectivity index (χ2v) is 4.85. The van der Waals surface area contributed by atoms with Crippen LogP contribution >= 0.6 is 0 Å². The molecule has 1 unspecified atom stereocenters. The Labute approximate surface area is 72.7 Å². The average molecular weight is 194 g/mol. The van der Waals surface area contributed by atoms with Crippen LogP contribution < -0.4 is 0 Å². The summed E-state index contributed by atoms with van der Waals surface area (Å²) in [5.74, 6) is 0.121. The molecule has 1 heterocycles. The van der Waals surface area contributed by atoms with Gasteiger partial charge in [-0.3, -0.25) is 4.55 Å². The molecule has 0 spiro atoms. The third-order valence-electron chi connectivity index (χ3n) is 2.24. The number of hydrogen-bond acceptors (Lipinski definition) is 3. The summed E-state index contributed by atoms with van der Waals surface area (Å²) in [6.45, 7) is 3.16. The van der Waals surface area contributed by atoms with Gasteiger partial charge in [-0.15, -0.1) is 0 Å². The highest BCUT2D eigenvalue weighted by Crippen LogP contribution is 2.22. The molecule has 1 saturated heterocycles. The molecule has 0 aromatic heterocycles. The molecule has 0 aromatic carbocycles. The van der Waals surface area contributed by atoms with Crippen molar-refractivity contribution in [2.45, 2.75) is 13.3 Å². The quantitative estimate of drug-likeness (QED) is 0.666. The zero-order valence-electron chi connectivity index (χ0n) is 7.06. The van der Waals surface area contributed by atoms with E-state index in [-0.39, 0.29) is 17.6 Å². The minimum atomic E-state index is -3.82. The summed E-state index contributed by atoms with van der Waals surface area (Å²) in [6.07, 6.45) is 0.899. The van der Waals surface area contributed by atoms with Gasteiger partial charge in [0.05, 0.1) is 5.75 Å². The van der Waals surface area contributed by atoms with Gasteiger partial charge >= 0.3 is 0 Å². The van der Waals surface area contributed by atoms with Gasteiger partial charge in [0.1, 0.15) is 0 Å². The van der Waals surface area contributed by atoms with Crippen LogP contribution in [0.1, 0.15) is 13.3 Å². The lowest BCUT2D eigenvalue weighted by Crippen LogP contribution is -2.20. The summed E-state index contributed by atoms with van der Waals surface area (Å²) in [4.78, 5) is 0. The number of rotatable bonds is 3. The van der Waals surface area contributed by atoms with Crippen LogP contribution in [0.15, 0.2) is 0 Å². The number of hydrogen-bond donors (Lipinski definition) is 1. The molecule has 72 valence electrons. The van der Waals surface area contributed by atoms with Gasteiger partial charge in [-0.1, -0.05) is 6.92 Å². The topological polar surface area (TPSA) is 63.6 Å². The van der Waals surface area contributed by atoms with Crippen molar-refractivity contribution in [3.63, 3.8) is 0 Å². The standard InChI is InChI=1S/C7H14O4S/c1-6(5-12(8,9)10)7-2-3-11-4-7/h6-7H,2-5H2,1H3,(H,8,9,10)/t6?,7-/m0/s1. The third-order valence-corrected chi connectivity index (χ3v) is 3.19. The highest BCUT2D eigenvalue weighted by atomic mass is 32.2. The van der Waals surface area contributed by atoms with Crippen molar-refractivity contribution in [3.05, 3.63) is 0 Å². The van der Waals surface area contributed by atoms with Crippen molar-refractivity contribution >= 4 is 10.1 Å². The Morgan fingerprint density at radius 1 is 1.67 bits per heavy atom. The van der Waals surface area contributed by atoms with Crippen molar-refractivity contribution in [1.82, 2.24) is 0 Å². The molecule has 2 atom stereocenters. The van der Waals surface area contributed by atoms with Crippen LogP contribution in [-0.4, -0.2) is 31.9 Å². The SMILES string of the molecule is CC(CS(=O)(=O)O)[C@H]1CCOC1.